The summed E-state index contributed by atoms with van der Waals surface area (Å²) >= 11 is 0. The number of phenolic OH excluding ortho intramolecular Hbond substituents is 1. The fraction of sp³-hybridized carbons (Fsp3) is 0.312. The number of allylic oxidation sites excluding steroid dienone is 1. The van der Waals surface area contributed by atoms with Gasteiger partial charge in [0.05, 0.1) is 17.4 Å². The van der Waals surface area contributed by atoms with Crippen LogP contribution in [0, 0.1) is 11.8 Å². The number of ether oxygens (including phenoxy) is 1. The van der Waals surface area contributed by atoms with Gasteiger partial charge in [-0.15, -0.1) is 0 Å². The molecule has 0 saturated heterocycles. The van der Waals surface area contributed by atoms with Crippen LogP contribution in [0.2, 0.25) is 0 Å². The average Bonchev–Trinajstić information content (AvgIpc) is 2.49. The smallest absolute Gasteiger partial charge is 0.278 e. The number of Topliss-reactive ketones (excluding diaryl/α,β-unsaturated/α-hetero) is 2. The van der Waals surface area contributed by atoms with Gasteiger partial charge in [0.2, 0.25) is 5.78 Å². The molecule has 0 unspecified atom stereocenters. The molecule has 6 nitrogen and oxygen atoms in total. The fourth-order valence-electron chi connectivity index (χ4n) is 3.10. The van der Waals surface area contributed by atoms with E-state index in [0.29, 0.717) is 6.29 Å². The number of aliphatic hydroxyl groups is 1. The Hall–Kier alpha value is -2.47. The lowest BCUT2D eigenvalue weighted by Gasteiger charge is -2.43. The zero-order chi connectivity index (χ0) is 16.1. The lowest BCUT2D eigenvalue weighted by molar-refractivity contribution is -0.198. The van der Waals surface area contributed by atoms with Crippen molar-refractivity contribution in [3.8, 4) is 11.5 Å². The van der Waals surface area contributed by atoms with Crippen molar-refractivity contribution in [2.45, 2.75) is 18.6 Å². The van der Waals surface area contributed by atoms with Crippen molar-refractivity contribution in [3.05, 3.63) is 35.9 Å². The number of rotatable bonds is 2. The Morgan fingerprint density at radius 3 is 2.77 bits per heavy atom. The Morgan fingerprint density at radius 1 is 1.36 bits per heavy atom. The van der Waals surface area contributed by atoms with Gasteiger partial charge in [0.1, 0.15) is 17.8 Å². The van der Waals surface area contributed by atoms with E-state index in [2.05, 4.69) is 6.58 Å². The zero-order valence-corrected chi connectivity index (χ0v) is 11.6. The van der Waals surface area contributed by atoms with Crippen LogP contribution < -0.4 is 4.74 Å². The van der Waals surface area contributed by atoms with Gasteiger partial charge in [0, 0.05) is 0 Å². The van der Waals surface area contributed by atoms with Crippen molar-refractivity contribution >= 4 is 17.9 Å². The second kappa shape index (κ2) is 4.78. The molecular formula is C16H14O6. The van der Waals surface area contributed by atoms with Crippen LogP contribution in [0.1, 0.15) is 23.2 Å². The first-order valence-electron chi connectivity index (χ1n) is 6.85. The molecular weight excluding hydrogens is 288 g/mol. The number of carbonyl (C=O) groups is 3. The molecule has 1 fully saturated rings. The van der Waals surface area contributed by atoms with Gasteiger partial charge in [-0.2, -0.15) is 0 Å². The first-order chi connectivity index (χ1) is 10.4. The molecule has 0 spiro atoms. The first kappa shape index (κ1) is 14.5. The molecule has 3 rings (SSSR count). The summed E-state index contributed by atoms with van der Waals surface area (Å²) in [4.78, 5) is 35.9. The minimum Gasteiger partial charge on any atom is -0.508 e. The third kappa shape index (κ3) is 1.88. The summed E-state index contributed by atoms with van der Waals surface area (Å²) in [5.74, 6) is -5.45. The van der Waals surface area contributed by atoms with E-state index in [1.54, 1.807) is 0 Å². The van der Waals surface area contributed by atoms with E-state index in [0.717, 1.165) is 0 Å². The van der Waals surface area contributed by atoms with Gasteiger partial charge < -0.3 is 14.9 Å². The number of aromatic hydroxyl groups is 1. The number of phenols is 1. The second-order valence-electron chi connectivity index (χ2n) is 5.58. The molecule has 0 bridgehead atoms. The Labute approximate surface area is 126 Å². The van der Waals surface area contributed by atoms with Crippen LogP contribution in [0.4, 0.5) is 0 Å². The zero-order valence-electron chi connectivity index (χ0n) is 11.6. The summed E-state index contributed by atoms with van der Waals surface area (Å²) in [6.07, 6.45) is 0.906. The molecule has 0 amide bonds. The summed E-state index contributed by atoms with van der Waals surface area (Å²) in [5, 5.41) is 20.1. The number of aldehydes is 1. The molecule has 2 N–H and O–H groups in total. The Kier molecular flexibility index (Phi) is 3.14. The highest BCUT2D eigenvalue weighted by atomic mass is 16.6. The largest absolute Gasteiger partial charge is 0.508 e. The summed E-state index contributed by atoms with van der Waals surface area (Å²) in [6.45, 7) is 3.52. The standard InChI is InChI=1S/C16H14O6/c1-8(7-17)10-3-4-12-14(19)11-6-9(18)2-5-13(11)22-16(12,21)15(10)20/h2,5-7,10,12,18,21H,1,3-4H2/t10-,12-,16-/m1/s1. The maximum Gasteiger partial charge on any atom is 0.278 e. The molecule has 2 aliphatic rings. The molecule has 3 atom stereocenters. The van der Waals surface area contributed by atoms with Gasteiger partial charge >= 0.3 is 0 Å². The first-order valence-corrected chi connectivity index (χ1v) is 6.85. The van der Waals surface area contributed by atoms with E-state index in [-0.39, 0.29) is 35.5 Å². The Morgan fingerprint density at radius 2 is 2.09 bits per heavy atom. The van der Waals surface area contributed by atoms with Crippen molar-refractivity contribution in [3.63, 3.8) is 0 Å². The number of fused-ring (bicyclic) bond motifs is 2. The molecule has 22 heavy (non-hydrogen) atoms. The maximum absolute atomic E-state index is 12.5. The highest BCUT2D eigenvalue weighted by Gasteiger charge is 2.58. The van der Waals surface area contributed by atoms with Gasteiger partial charge in [0.15, 0.2) is 5.78 Å². The second-order valence-corrected chi connectivity index (χ2v) is 5.58. The monoisotopic (exact) mass is 302 g/mol. The Bertz CT molecular complexity index is 707. The highest BCUT2D eigenvalue weighted by Crippen LogP contribution is 2.45. The number of hydrogen-bond donors (Lipinski definition) is 2. The van der Waals surface area contributed by atoms with Crippen LogP contribution in [0.25, 0.3) is 0 Å². The van der Waals surface area contributed by atoms with E-state index in [4.69, 9.17) is 4.74 Å². The number of benzene rings is 1. The van der Waals surface area contributed by atoms with Crippen molar-refractivity contribution < 1.29 is 29.3 Å². The van der Waals surface area contributed by atoms with Gasteiger partial charge in [0.25, 0.3) is 5.79 Å². The number of hydrogen-bond acceptors (Lipinski definition) is 6. The molecule has 0 aromatic heterocycles. The van der Waals surface area contributed by atoms with E-state index >= 15 is 0 Å². The number of ketones is 2. The van der Waals surface area contributed by atoms with Crippen LogP contribution in [-0.4, -0.2) is 33.9 Å². The SMILES string of the molecule is C=C(C=O)[C@H]1CC[C@@H]2C(=O)c3cc(O)ccc3O[C@@]2(O)C1=O. The number of carbonyl (C=O) groups excluding carboxylic acids is 3. The Balaban J connectivity index is 2.06. The third-order valence-electron chi connectivity index (χ3n) is 4.30. The van der Waals surface area contributed by atoms with Gasteiger partial charge in [-0.3, -0.25) is 14.4 Å². The lowest BCUT2D eigenvalue weighted by Crippen LogP contribution is -2.61. The fourth-order valence-corrected chi connectivity index (χ4v) is 3.10. The summed E-state index contributed by atoms with van der Waals surface area (Å²) < 4.78 is 5.40. The minimum absolute atomic E-state index is 0.0345. The van der Waals surface area contributed by atoms with E-state index in [9.17, 15) is 24.6 Å². The van der Waals surface area contributed by atoms with Crippen molar-refractivity contribution in [1.29, 1.82) is 0 Å². The third-order valence-corrected chi connectivity index (χ3v) is 4.30. The molecule has 1 aliphatic heterocycles. The molecule has 0 radical (unpaired) electrons. The average molecular weight is 302 g/mol. The molecule has 1 saturated carbocycles. The maximum atomic E-state index is 12.5. The lowest BCUT2D eigenvalue weighted by atomic mass is 9.70. The van der Waals surface area contributed by atoms with E-state index < -0.39 is 29.2 Å². The minimum atomic E-state index is -2.30. The van der Waals surface area contributed by atoms with Crippen molar-refractivity contribution in [2.24, 2.45) is 11.8 Å². The predicted octanol–water partition coefficient (Wildman–Crippen LogP) is 1.01. The van der Waals surface area contributed by atoms with Gasteiger partial charge in [-0.05, 0) is 36.6 Å². The summed E-state index contributed by atoms with van der Waals surface area (Å²) in [5.41, 5.74) is 0.194. The van der Waals surface area contributed by atoms with Crippen LogP contribution in [0.15, 0.2) is 30.4 Å². The van der Waals surface area contributed by atoms with Crippen LogP contribution in [-0.2, 0) is 9.59 Å². The van der Waals surface area contributed by atoms with E-state index in [1.165, 1.54) is 18.2 Å². The summed E-state index contributed by atoms with van der Waals surface area (Å²) in [6, 6.07) is 3.87. The molecule has 6 heteroatoms. The van der Waals surface area contributed by atoms with Crippen LogP contribution in [0.3, 0.4) is 0 Å². The topological polar surface area (TPSA) is 101 Å². The predicted molar refractivity (Wildman–Crippen MR) is 74.4 cm³/mol. The van der Waals surface area contributed by atoms with Crippen LogP contribution in [0.5, 0.6) is 11.5 Å². The van der Waals surface area contributed by atoms with Crippen molar-refractivity contribution in [2.75, 3.05) is 0 Å². The van der Waals surface area contributed by atoms with Gasteiger partial charge in [-0.1, -0.05) is 6.58 Å². The van der Waals surface area contributed by atoms with Crippen LogP contribution >= 0.6 is 0 Å². The quantitative estimate of drug-likeness (QED) is 0.624. The molecule has 114 valence electrons. The van der Waals surface area contributed by atoms with Crippen molar-refractivity contribution in [1.82, 2.24) is 0 Å². The summed E-state index contributed by atoms with van der Waals surface area (Å²) in [7, 11) is 0. The normalized spacial score (nSPS) is 30.0. The molecule has 1 aromatic rings. The molecule has 1 heterocycles. The highest BCUT2D eigenvalue weighted by molar-refractivity contribution is 6.08. The van der Waals surface area contributed by atoms with E-state index in [1.807, 2.05) is 0 Å². The van der Waals surface area contributed by atoms with Gasteiger partial charge in [-0.25, -0.2) is 0 Å². The molecule has 1 aromatic carbocycles. The molecule has 1 aliphatic carbocycles.